The molecule has 5 nitrogen and oxygen atoms in total. The fourth-order valence-electron chi connectivity index (χ4n) is 2.38. The average molecular weight is 362 g/mol. The van der Waals surface area contributed by atoms with E-state index >= 15 is 0 Å². The highest BCUT2D eigenvalue weighted by Gasteiger charge is 2.41. The SMILES string of the molecule is CCCC(C(=O)O)P(=O)(OCc1ccccc1)OCc1ccccc1. The van der Waals surface area contributed by atoms with E-state index in [0.717, 1.165) is 11.1 Å². The highest BCUT2D eigenvalue weighted by molar-refractivity contribution is 7.55. The normalized spacial score (nSPS) is 12.7. The summed E-state index contributed by atoms with van der Waals surface area (Å²) in [6.45, 7) is 1.93. The molecule has 25 heavy (non-hydrogen) atoms. The van der Waals surface area contributed by atoms with Gasteiger partial charge in [-0.3, -0.25) is 9.36 Å². The zero-order valence-corrected chi connectivity index (χ0v) is 15.1. The summed E-state index contributed by atoms with van der Waals surface area (Å²) in [5, 5.41) is 9.50. The highest BCUT2D eigenvalue weighted by Crippen LogP contribution is 2.56. The van der Waals surface area contributed by atoms with E-state index in [1.807, 2.05) is 67.6 Å². The highest BCUT2D eigenvalue weighted by atomic mass is 31.2. The Labute approximate surface area is 148 Å². The van der Waals surface area contributed by atoms with Crippen LogP contribution in [0.3, 0.4) is 0 Å². The van der Waals surface area contributed by atoms with Gasteiger partial charge in [-0.1, -0.05) is 74.0 Å². The molecule has 1 unspecified atom stereocenters. The molecule has 1 N–H and O–H groups in total. The van der Waals surface area contributed by atoms with Crippen LogP contribution in [-0.4, -0.2) is 16.7 Å². The smallest absolute Gasteiger partial charge is 0.345 e. The fourth-order valence-corrected chi connectivity index (χ4v) is 4.32. The Morgan fingerprint density at radius 1 is 0.960 bits per heavy atom. The number of hydrogen-bond donors (Lipinski definition) is 1. The van der Waals surface area contributed by atoms with Gasteiger partial charge in [-0.05, 0) is 17.5 Å². The van der Waals surface area contributed by atoms with Gasteiger partial charge in [-0.25, -0.2) is 0 Å². The summed E-state index contributed by atoms with van der Waals surface area (Å²) >= 11 is 0. The predicted molar refractivity (Wildman–Crippen MR) is 96.4 cm³/mol. The number of carboxylic acids is 1. The molecule has 0 aliphatic rings. The van der Waals surface area contributed by atoms with E-state index in [4.69, 9.17) is 9.05 Å². The lowest BCUT2D eigenvalue weighted by Crippen LogP contribution is -2.23. The van der Waals surface area contributed by atoms with Gasteiger partial charge in [0.05, 0.1) is 13.2 Å². The monoisotopic (exact) mass is 362 g/mol. The van der Waals surface area contributed by atoms with Crippen molar-refractivity contribution in [2.45, 2.75) is 38.6 Å². The molecule has 2 rings (SSSR count). The van der Waals surface area contributed by atoms with E-state index in [2.05, 4.69) is 0 Å². The maximum absolute atomic E-state index is 13.3. The second-order valence-electron chi connectivity index (χ2n) is 5.70. The van der Waals surface area contributed by atoms with E-state index in [0.29, 0.717) is 6.42 Å². The standard InChI is InChI=1S/C19H23O5P/c1-2-9-18(19(20)21)25(22,23-14-16-10-5-3-6-11-16)24-15-17-12-7-4-8-13-17/h3-8,10-13,18H,2,9,14-15H2,1H3,(H,20,21). The summed E-state index contributed by atoms with van der Waals surface area (Å²) in [7, 11) is -3.83. The van der Waals surface area contributed by atoms with Gasteiger partial charge >= 0.3 is 13.6 Å². The molecule has 0 saturated heterocycles. The Morgan fingerprint density at radius 3 is 1.76 bits per heavy atom. The van der Waals surface area contributed by atoms with Gasteiger partial charge in [0, 0.05) is 0 Å². The summed E-state index contributed by atoms with van der Waals surface area (Å²) < 4.78 is 24.4. The van der Waals surface area contributed by atoms with Crippen molar-refractivity contribution in [2.75, 3.05) is 0 Å². The quantitative estimate of drug-likeness (QED) is 0.611. The van der Waals surface area contributed by atoms with Crippen molar-refractivity contribution in [3.8, 4) is 0 Å². The van der Waals surface area contributed by atoms with Crippen LogP contribution in [0.5, 0.6) is 0 Å². The van der Waals surface area contributed by atoms with Crippen molar-refractivity contribution in [3.63, 3.8) is 0 Å². The number of aliphatic carboxylic acids is 1. The molecule has 6 heteroatoms. The van der Waals surface area contributed by atoms with E-state index in [1.54, 1.807) is 0 Å². The molecule has 2 aromatic rings. The van der Waals surface area contributed by atoms with Crippen LogP contribution >= 0.6 is 7.60 Å². The molecule has 0 bridgehead atoms. The summed E-state index contributed by atoms with van der Waals surface area (Å²) in [6.07, 6.45) is 0.806. The summed E-state index contributed by atoms with van der Waals surface area (Å²) in [6, 6.07) is 18.4. The first-order valence-corrected chi connectivity index (χ1v) is 9.86. The topological polar surface area (TPSA) is 72.8 Å². The lowest BCUT2D eigenvalue weighted by molar-refractivity contribution is -0.137. The molecule has 134 valence electrons. The van der Waals surface area contributed by atoms with Gasteiger partial charge < -0.3 is 14.2 Å². The largest absolute Gasteiger partial charge is 0.481 e. The molecular formula is C19H23O5P. The van der Waals surface area contributed by atoms with E-state index < -0.39 is 19.2 Å². The van der Waals surface area contributed by atoms with Crippen molar-refractivity contribution in [3.05, 3.63) is 71.8 Å². The Morgan fingerprint density at radius 2 is 1.40 bits per heavy atom. The second-order valence-corrected chi connectivity index (χ2v) is 7.92. The molecule has 2 aromatic carbocycles. The van der Waals surface area contributed by atoms with Crippen molar-refractivity contribution >= 4 is 13.6 Å². The summed E-state index contributed by atoms with van der Waals surface area (Å²) in [5.74, 6) is -1.16. The second kappa shape index (κ2) is 9.52. The van der Waals surface area contributed by atoms with Crippen molar-refractivity contribution in [1.29, 1.82) is 0 Å². The lowest BCUT2D eigenvalue weighted by atomic mass is 10.2. The minimum absolute atomic E-state index is 0.0421. The Bertz CT molecular complexity index is 655. The Balaban J connectivity index is 2.16. The molecule has 0 spiro atoms. The molecule has 0 saturated carbocycles. The lowest BCUT2D eigenvalue weighted by Gasteiger charge is -2.24. The number of hydrogen-bond acceptors (Lipinski definition) is 4. The average Bonchev–Trinajstić information content (AvgIpc) is 2.64. The third kappa shape index (κ3) is 5.82. The van der Waals surface area contributed by atoms with E-state index in [9.17, 15) is 14.5 Å². The molecule has 0 fully saturated rings. The summed E-state index contributed by atoms with van der Waals surface area (Å²) in [5.41, 5.74) is 0.447. The molecule has 0 aliphatic heterocycles. The third-order valence-corrected chi connectivity index (χ3v) is 5.96. The minimum Gasteiger partial charge on any atom is -0.481 e. The van der Waals surface area contributed by atoms with Gasteiger partial charge in [-0.15, -0.1) is 0 Å². The van der Waals surface area contributed by atoms with Gasteiger partial charge in [0.1, 0.15) is 0 Å². The first kappa shape index (κ1) is 19.4. The molecule has 0 aromatic heterocycles. The summed E-state index contributed by atoms with van der Waals surface area (Å²) in [4.78, 5) is 11.6. The van der Waals surface area contributed by atoms with Crippen LogP contribution in [-0.2, 0) is 31.6 Å². The Kier molecular flexibility index (Phi) is 7.38. The van der Waals surface area contributed by atoms with Gasteiger partial charge in [0.15, 0.2) is 5.66 Å². The van der Waals surface area contributed by atoms with Crippen molar-refractivity contribution in [2.24, 2.45) is 0 Å². The van der Waals surface area contributed by atoms with Crippen LogP contribution in [0.15, 0.2) is 60.7 Å². The fraction of sp³-hybridized carbons (Fsp3) is 0.316. The van der Waals surface area contributed by atoms with Crippen LogP contribution in [0.2, 0.25) is 0 Å². The molecule has 0 amide bonds. The van der Waals surface area contributed by atoms with Crippen molar-refractivity contribution in [1.82, 2.24) is 0 Å². The number of carboxylic acid groups (broad SMARTS) is 1. The molecule has 1 atom stereocenters. The van der Waals surface area contributed by atoms with Crippen molar-refractivity contribution < 1.29 is 23.5 Å². The van der Waals surface area contributed by atoms with E-state index in [1.165, 1.54) is 0 Å². The first-order chi connectivity index (χ1) is 12.0. The van der Waals surface area contributed by atoms with Gasteiger partial charge in [-0.2, -0.15) is 0 Å². The van der Waals surface area contributed by atoms with E-state index in [-0.39, 0.29) is 19.6 Å². The van der Waals surface area contributed by atoms with Crippen LogP contribution in [0.4, 0.5) is 0 Å². The number of rotatable bonds is 10. The number of carbonyl (C=O) groups is 1. The molecule has 0 heterocycles. The first-order valence-electron chi connectivity index (χ1n) is 8.24. The maximum atomic E-state index is 13.3. The molecule has 0 radical (unpaired) electrons. The predicted octanol–water partition coefficient (Wildman–Crippen LogP) is 4.87. The van der Waals surface area contributed by atoms with Crippen LogP contribution < -0.4 is 0 Å². The third-order valence-electron chi connectivity index (χ3n) is 3.74. The maximum Gasteiger partial charge on any atom is 0.345 e. The van der Waals surface area contributed by atoms with Crippen LogP contribution in [0.1, 0.15) is 30.9 Å². The molecular weight excluding hydrogens is 339 g/mol. The minimum atomic E-state index is -3.83. The Hall–Kier alpha value is -1.94. The van der Waals surface area contributed by atoms with Gasteiger partial charge in [0.25, 0.3) is 0 Å². The molecule has 0 aliphatic carbocycles. The van der Waals surface area contributed by atoms with Crippen LogP contribution in [0.25, 0.3) is 0 Å². The zero-order chi connectivity index (χ0) is 18.1. The van der Waals surface area contributed by atoms with Crippen LogP contribution in [0, 0.1) is 0 Å². The van der Waals surface area contributed by atoms with Gasteiger partial charge in [0.2, 0.25) is 0 Å². The number of benzene rings is 2. The zero-order valence-electron chi connectivity index (χ0n) is 14.2.